The molecular weight excluding hydrogens is 264 g/mol. The molecule has 0 amide bonds. The molecule has 0 radical (unpaired) electrons. The van der Waals surface area contributed by atoms with E-state index in [2.05, 4.69) is 43.6 Å². The first-order valence-electron chi connectivity index (χ1n) is 6.72. The largest absolute Gasteiger partial charge is 0.378 e. The predicted molar refractivity (Wildman–Crippen MR) is 74.0 cm³/mol. The van der Waals surface area contributed by atoms with Gasteiger partial charge < -0.3 is 4.74 Å². The molecule has 1 saturated carbocycles. The van der Waals surface area contributed by atoms with E-state index in [9.17, 15) is 0 Å². The third-order valence-corrected chi connectivity index (χ3v) is 4.92. The molecule has 1 nitrogen and oxygen atoms in total. The first-order valence-corrected chi connectivity index (χ1v) is 7.84. The smallest absolute Gasteiger partial charge is 0.0608 e. The van der Waals surface area contributed by atoms with Crippen LogP contribution in [0.2, 0.25) is 0 Å². The Hall–Kier alpha value is 0.440. The van der Waals surface area contributed by atoms with E-state index in [4.69, 9.17) is 4.74 Å². The van der Waals surface area contributed by atoms with Crippen molar-refractivity contribution in [3.63, 3.8) is 0 Å². The molecule has 0 heterocycles. The zero-order chi connectivity index (χ0) is 12.1. The van der Waals surface area contributed by atoms with E-state index in [1.54, 1.807) is 0 Å². The minimum atomic E-state index is 0.505. The van der Waals surface area contributed by atoms with Gasteiger partial charge in [-0.15, -0.1) is 0 Å². The Balaban J connectivity index is 2.44. The van der Waals surface area contributed by atoms with Gasteiger partial charge in [-0.2, -0.15) is 0 Å². The minimum Gasteiger partial charge on any atom is -0.378 e. The average molecular weight is 291 g/mol. The van der Waals surface area contributed by atoms with Crippen molar-refractivity contribution in [2.75, 3.05) is 11.9 Å². The molecule has 0 spiro atoms. The van der Waals surface area contributed by atoms with E-state index in [0.29, 0.717) is 12.0 Å². The van der Waals surface area contributed by atoms with Gasteiger partial charge in [-0.1, -0.05) is 50.0 Å². The highest BCUT2D eigenvalue weighted by atomic mass is 79.9. The minimum absolute atomic E-state index is 0.505. The molecule has 0 aromatic heterocycles. The van der Waals surface area contributed by atoms with E-state index in [-0.39, 0.29) is 0 Å². The Morgan fingerprint density at radius 3 is 2.50 bits per heavy atom. The van der Waals surface area contributed by atoms with Crippen molar-refractivity contribution in [1.29, 1.82) is 0 Å². The quantitative estimate of drug-likeness (QED) is 0.678. The first-order chi connectivity index (χ1) is 7.54. The molecule has 2 heteroatoms. The monoisotopic (exact) mass is 290 g/mol. The van der Waals surface area contributed by atoms with Crippen LogP contribution in [0.25, 0.3) is 0 Å². The van der Waals surface area contributed by atoms with Gasteiger partial charge in [0.2, 0.25) is 0 Å². The van der Waals surface area contributed by atoms with Gasteiger partial charge in [-0.05, 0) is 36.5 Å². The standard InChI is InChI=1S/C14H27BrO/c1-10(2)13-6-5-11(3)7-14(13)16-9-12(4)8-15/h10-14H,5-9H2,1-4H3. The lowest BCUT2D eigenvalue weighted by Crippen LogP contribution is -2.35. The van der Waals surface area contributed by atoms with Crippen LogP contribution in [0.4, 0.5) is 0 Å². The molecule has 1 fully saturated rings. The second kappa shape index (κ2) is 7.00. The molecule has 4 unspecified atom stereocenters. The van der Waals surface area contributed by atoms with Crippen LogP contribution in [-0.4, -0.2) is 18.0 Å². The molecule has 0 saturated heterocycles. The fourth-order valence-electron chi connectivity index (χ4n) is 2.64. The van der Waals surface area contributed by atoms with E-state index < -0.39 is 0 Å². The van der Waals surface area contributed by atoms with Crippen LogP contribution in [0, 0.1) is 23.7 Å². The summed E-state index contributed by atoms with van der Waals surface area (Å²) in [5.74, 6) is 3.01. The van der Waals surface area contributed by atoms with Crippen molar-refractivity contribution in [1.82, 2.24) is 0 Å². The van der Waals surface area contributed by atoms with Crippen LogP contribution in [-0.2, 0) is 4.74 Å². The van der Waals surface area contributed by atoms with E-state index >= 15 is 0 Å². The van der Waals surface area contributed by atoms with Crippen molar-refractivity contribution in [3.05, 3.63) is 0 Å². The molecule has 0 bridgehead atoms. The molecule has 1 rings (SSSR count). The summed E-state index contributed by atoms with van der Waals surface area (Å²) in [5.41, 5.74) is 0. The van der Waals surface area contributed by atoms with Crippen molar-refractivity contribution in [3.8, 4) is 0 Å². The summed E-state index contributed by atoms with van der Waals surface area (Å²) in [6.45, 7) is 10.2. The highest BCUT2D eigenvalue weighted by Gasteiger charge is 2.31. The molecule has 0 aliphatic heterocycles. The lowest BCUT2D eigenvalue weighted by molar-refractivity contribution is -0.0471. The van der Waals surface area contributed by atoms with Crippen LogP contribution in [0.3, 0.4) is 0 Å². The lowest BCUT2D eigenvalue weighted by Gasteiger charge is -2.37. The molecule has 1 aliphatic rings. The van der Waals surface area contributed by atoms with Gasteiger partial charge >= 0.3 is 0 Å². The van der Waals surface area contributed by atoms with Gasteiger partial charge in [-0.25, -0.2) is 0 Å². The Morgan fingerprint density at radius 2 is 1.94 bits per heavy atom. The van der Waals surface area contributed by atoms with Gasteiger partial charge in [0.15, 0.2) is 0 Å². The normalized spacial score (nSPS) is 33.0. The van der Waals surface area contributed by atoms with Crippen LogP contribution in [0.1, 0.15) is 47.0 Å². The van der Waals surface area contributed by atoms with Crippen molar-refractivity contribution in [2.24, 2.45) is 23.7 Å². The van der Waals surface area contributed by atoms with E-state index in [1.807, 2.05) is 0 Å². The molecule has 0 aromatic rings. The SMILES string of the molecule is CC(CBr)COC1CC(C)CCC1C(C)C. The molecule has 1 aliphatic carbocycles. The summed E-state index contributed by atoms with van der Waals surface area (Å²) >= 11 is 3.52. The van der Waals surface area contributed by atoms with Crippen LogP contribution >= 0.6 is 15.9 Å². The second-order valence-corrected chi connectivity index (χ2v) is 6.60. The average Bonchev–Trinajstić information content (AvgIpc) is 2.25. The number of alkyl halides is 1. The molecule has 16 heavy (non-hydrogen) atoms. The summed E-state index contributed by atoms with van der Waals surface area (Å²) in [7, 11) is 0. The maximum absolute atomic E-state index is 6.15. The zero-order valence-electron chi connectivity index (χ0n) is 11.2. The summed E-state index contributed by atoms with van der Waals surface area (Å²) < 4.78 is 6.15. The van der Waals surface area contributed by atoms with Crippen LogP contribution in [0.15, 0.2) is 0 Å². The van der Waals surface area contributed by atoms with E-state index in [0.717, 1.165) is 29.7 Å². The van der Waals surface area contributed by atoms with E-state index in [1.165, 1.54) is 19.3 Å². The van der Waals surface area contributed by atoms with Gasteiger partial charge in [0, 0.05) is 5.33 Å². The molecular formula is C14H27BrO. The van der Waals surface area contributed by atoms with Crippen LogP contribution < -0.4 is 0 Å². The molecule has 0 aromatic carbocycles. The third kappa shape index (κ3) is 4.37. The van der Waals surface area contributed by atoms with Gasteiger partial charge in [0.05, 0.1) is 12.7 Å². The first kappa shape index (κ1) is 14.5. The summed E-state index contributed by atoms with van der Waals surface area (Å²) in [6, 6.07) is 0. The van der Waals surface area contributed by atoms with Gasteiger partial charge in [0.1, 0.15) is 0 Å². The Bertz CT molecular complexity index is 193. The second-order valence-electron chi connectivity index (χ2n) is 5.96. The fraction of sp³-hybridized carbons (Fsp3) is 1.00. The maximum Gasteiger partial charge on any atom is 0.0608 e. The molecule has 0 N–H and O–H groups in total. The fourth-order valence-corrected chi connectivity index (χ4v) is 2.83. The summed E-state index contributed by atoms with van der Waals surface area (Å²) in [5, 5.41) is 1.04. The number of halogens is 1. The Kier molecular flexibility index (Phi) is 6.35. The number of hydrogen-bond donors (Lipinski definition) is 0. The van der Waals surface area contributed by atoms with Crippen molar-refractivity contribution < 1.29 is 4.74 Å². The predicted octanol–water partition coefficient (Wildman–Crippen LogP) is 4.49. The van der Waals surface area contributed by atoms with Gasteiger partial charge in [0.25, 0.3) is 0 Å². The Labute approximate surface area is 109 Å². The molecule has 4 atom stereocenters. The Morgan fingerprint density at radius 1 is 1.25 bits per heavy atom. The van der Waals surface area contributed by atoms with Crippen molar-refractivity contribution in [2.45, 2.75) is 53.1 Å². The summed E-state index contributed by atoms with van der Waals surface area (Å²) in [6.07, 6.45) is 4.51. The van der Waals surface area contributed by atoms with Crippen molar-refractivity contribution >= 4 is 15.9 Å². The number of hydrogen-bond acceptors (Lipinski definition) is 1. The number of rotatable bonds is 5. The van der Waals surface area contributed by atoms with Gasteiger partial charge in [-0.3, -0.25) is 0 Å². The highest BCUT2D eigenvalue weighted by molar-refractivity contribution is 9.09. The topological polar surface area (TPSA) is 9.23 Å². The van der Waals surface area contributed by atoms with Crippen LogP contribution in [0.5, 0.6) is 0 Å². The maximum atomic E-state index is 6.15. The third-order valence-electron chi connectivity index (χ3n) is 3.82. The summed E-state index contributed by atoms with van der Waals surface area (Å²) in [4.78, 5) is 0. The number of ether oxygens (including phenoxy) is 1. The lowest BCUT2D eigenvalue weighted by atomic mass is 9.75. The molecule has 96 valence electrons. The highest BCUT2D eigenvalue weighted by Crippen LogP contribution is 2.35. The zero-order valence-corrected chi connectivity index (χ0v) is 12.8.